The summed E-state index contributed by atoms with van der Waals surface area (Å²) in [7, 11) is 0. The Hall–Kier alpha value is -2.13. The minimum atomic E-state index is -0.523. The first-order valence-electron chi connectivity index (χ1n) is 5.65. The second kappa shape index (κ2) is 5.67. The molecule has 0 amide bonds. The summed E-state index contributed by atoms with van der Waals surface area (Å²) < 4.78 is 5.23. The van der Waals surface area contributed by atoms with Crippen LogP contribution in [0.4, 0.5) is 0 Å². The number of rotatable bonds is 3. The molecule has 19 heavy (non-hydrogen) atoms. The van der Waals surface area contributed by atoms with Gasteiger partial charge < -0.3 is 4.74 Å². The van der Waals surface area contributed by atoms with Gasteiger partial charge >= 0.3 is 5.97 Å². The van der Waals surface area contributed by atoms with Crippen LogP contribution in [0.15, 0.2) is 48.5 Å². The van der Waals surface area contributed by atoms with Crippen LogP contribution in [0.5, 0.6) is 5.75 Å². The molecule has 0 saturated carbocycles. The molecule has 0 aliphatic carbocycles. The molecule has 0 N–H and O–H groups in total. The molecule has 0 aliphatic heterocycles. The molecule has 0 saturated heterocycles. The highest BCUT2D eigenvalue weighted by Crippen LogP contribution is 2.24. The third-order valence-corrected chi connectivity index (χ3v) is 2.77. The fraction of sp³-hybridized carbons (Fsp3) is 0.0667. The van der Waals surface area contributed by atoms with Crippen LogP contribution in [0.2, 0.25) is 5.02 Å². The standard InChI is InChI=1S/C15H11ClO3/c1-10(17)13-8-7-12(16)9-14(13)19-15(18)11-5-3-2-4-6-11/h2-9H,1H3. The summed E-state index contributed by atoms with van der Waals surface area (Å²) in [6.07, 6.45) is 0. The van der Waals surface area contributed by atoms with Gasteiger partial charge in [0, 0.05) is 11.1 Å². The van der Waals surface area contributed by atoms with Gasteiger partial charge in [-0.25, -0.2) is 4.79 Å². The first-order valence-corrected chi connectivity index (χ1v) is 6.03. The number of hydrogen-bond donors (Lipinski definition) is 0. The van der Waals surface area contributed by atoms with Gasteiger partial charge in [-0.1, -0.05) is 29.8 Å². The molecule has 2 aromatic rings. The molecule has 0 spiro atoms. The largest absolute Gasteiger partial charge is 0.422 e. The molecule has 0 aliphatic rings. The lowest BCUT2D eigenvalue weighted by Gasteiger charge is -2.08. The summed E-state index contributed by atoms with van der Waals surface area (Å²) in [6.45, 7) is 1.41. The molecular formula is C15H11ClO3. The zero-order valence-corrected chi connectivity index (χ0v) is 11.0. The van der Waals surface area contributed by atoms with Crippen molar-refractivity contribution in [3.63, 3.8) is 0 Å². The minimum absolute atomic E-state index is 0.175. The van der Waals surface area contributed by atoms with Crippen LogP contribution < -0.4 is 4.74 Å². The number of esters is 1. The van der Waals surface area contributed by atoms with Crippen LogP contribution >= 0.6 is 11.6 Å². The van der Waals surface area contributed by atoms with E-state index in [0.29, 0.717) is 16.1 Å². The molecule has 0 heterocycles. The van der Waals surface area contributed by atoms with Gasteiger partial charge in [0.15, 0.2) is 5.78 Å². The number of carbonyl (C=O) groups is 2. The van der Waals surface area contributed by atoms with Gasteiger partial charge in [0.1, 0.15) is 5.75 Å². The van der Waals surface area contributed by atoms with E-state index in [9.17, 15) is 9.59 Å². The van der Waals surface area contributed by atoms with Crippen molar-refractivity contribution in [1.29, 1.82) is 0 Å². The lowest BCUT2D eigenvalue weighted by molar-refractivity contribution is 0.0733. The van der Waals surface area contributed by atoms with Crippen LogP contribution in [0.25, 0.3) is 0 Å². The summed E-state index contributed by atoms with van der Waals surface area (Å²) in [5.41, 5.74) is 0.741. The van der Waals surface area contributed by atoms with Gasteiger partial charge in [-0.2, -0.15) is 0 Å². The smallest absolute Gasteiger partial charge is 0.343 e. The normalized spacial score (nSPS) is 10.0. The van der Waals surface area contributed by atoms with E-state index < -0.39 is 5.97 Å². The van der Waals surface area contributed by atoms with E-state index in [2.05, 4.69) is 0 Å². The van der Waals surface area contributed by atoms with Crippen LogP contribution in [0, 0.1) is 0 Å². The molecular weight excluding hydrogens is 264 g/mol. The van der Waals surface area contributed by atoms with Gasteiger partial charge in [-0.05, 0) is 31.2 Å². The molecule has 4 heteroatoms. The summed E-state index contributed by atoms with van der Waals surface area (Å²) in [4.78, 5) is 23.4. The summed E-state index contributed by atoms with van der Waals surface area (Å²) in [5, 5.41) is 0.404. The molecule has 96 valence electrons. The summed E-state index contributed by atoms with van der Waals surface area (Å²) in [5.74, 6) is -0.535. The number of hydrogen-bond acceptors (Lipinski definition) is 3. The molecule has 0 unspecified atom stereocenters. The summed E-state index contributed by atoms with van der Waals surface area (Å²) in [6, 6.07) is 13.1. The van der Waals surface area contributed by atoms with E-state index in [1.807, 2.05) is 0 Å². The maximum atomic E-state index is 11.9. The second-order valence-corrected chi connectivity index (χ2v) is 4.39. The summed E-state index contributed by atoms with van der Waals surface area (Å²) >= 11 is 5.85. The van der Waals surface area contributed by atoms with Crippen molar-refractivity contribution in [2.75, 3.05) is 0 Å². The molecule has 0 fully saturated rings. The molecule has 0 atom stereocenters. The number of ether oxygens (including phenoxy) is 1. The van der Waals surface area contributed by atoms with Gasteiger partial charge in [0.2, 0.25) is 0 Å². The Bertz CT molecular complexity index is 621. The van der Waals surface area contributed by atoms with E-state index in [4.69, 9.17) is 16.3 Å². The Balaban J connectivity index is 2.31. The Kier molecular flexibility index (Phi) is 3.97. The number of halogens is 1. The van der Waals surface area contributed by atoms with E-state index in [1.54, 1.807) is 36.4 Å². The molecule has 2 aromatic carbocycles. The maximum absolute atomic E-state index is 11.9. The molecule has 0 aromatic heterocycles. The SMILES string of the molecule is CC(=O)c1ccc(Cl)cc1OC(=O)c1ccccc1. The molecule has 0 radical (unpaired) electrons. The topological polar surface area (TPSA) is 43.4 Å². The van der Waals surface area contributed by atoms with Crippen molar-refractivity contribution in [3.05, 3.63) is 64.7 Å². The number of Topliss-reactive ketones (excluding diaryl/α,β-unsaturated/α-hetero) is 1. The maximum Gasteiger partial charge on any atom is 0.343 e. The lowest BCUT2D eigenvalue weighted by Crippen LogP contribution is -2.10. The van der Waals surface area contributed by atoms with Gasteiger partial charge in [0.25, 0.3) is 0 Å². The number of ketones is 1. The van der Waals surface area contributed by atoms with E-state index in [0.717, 1.165) is 0 Å². The van der Waals surface area contributed by atoms with Gasteiger partial charge in [0.05, 0.1) is 11.1 Å². The molecule has 0 bridgehead atoms. The van der Waals surface area contributed by atoms with Gasteiger partial charge in [-0.15, -0.1) is 0 Å². The Labute approximate surface area is 115 Å². The van der Waals surface area contributed by atoms with E-state index in [1.165, 1.54) is 19.1 Å². The Morgan fingerprint density at radius 2 is 1.74 bits per heavy atom. The van der Waals surface area contributed by atoms with E-state index >= 15 is 0 Å². The first-order chi connectivity index (χ1) is 9.08. The van der Waals surface area contributed by atoms with Crippen molar-refractivity contribution >= 4 is 23.4 Å². The van der Waals surface area contributed by atoms with Crippen LogP contribution in [-0.2, 0) is 0 Å². The minimum Gasteiger partial charge on any atom is -0.422 e. The average Bonchev–Trinajstić information content (AvgIpc) is 2.39. The van der Waals surface area contributed by atoms with Crippen molar-refractivity contribution in [2.45, 2.75) is 6.92 Å². The van der Waals surface area contributed by atoms with Crippen molar-refractivity contribution < 1.29 is 14.3 Å². The highest BCUT2D eigenvalue weighted by molar-refractivity contribution is 6.30. The number of carbonyl (C=O) groups excluding carboxylic acids is 2. The predicted octanol–water partition coefficient (Wildman–Crippen LogP) is 3.76. The fourth-order valence-corrected chi connectivity index (χ4v) is 1.77. The average molecular weight is 275 g/mol. The third-order valence-electron chi connectivity index (χ3n) is 2.54. The lowest BCUT2D eigenvalue weighted by atomic mass is 10.1. The predicted molar refractivity (Wildman–Crippen MR) is 72.9 cm³/mol. The van der Waals surface area contributed by atoms with E-state index in [-0.39, 0.29) is 11.5 Å². The Morgan fingerprint density at radius 3 is 2.37 bits per heavy atom. The zero-order valence-electron chi connectivity index (χ0n) is 10.2. The first kappa shape index (κ1) is 13.3. The quantitative estimate of drug-likeness (QED) is 0.486. The van der Waals surface area contributed by atoms with Crippen LogP contribution in [0.1, 0.15) is 27.6 Å². The van der Waals surface area contributed by atoms with Crippen LogP contribution in [-0.4, -0.2) is 11.8 Å². The second-order valence-electron chi connectivity index (χ2n) is 3.95. The van der Waals surface area contributed by atoms with Crippen molar-refractivity contribution in [3.8, 4) is 5.75 Å². The van der Waals surface area contributed by atoms with Crippen molar-refractivity contribution in [1.82, 2.24) is 0 Å². The van der Waals surface area contributed by atoms with Gasteiger partial charge in [-0.3, -0.25) is 4.79 Å². The van der Waals surface area contributed by atoms with Crippen molar-refractivity contribution in [2.24, 2.45) is 0 Å². The monoisotopic (exact) mass is 274 g/mol. The Morgan fingerprint density at radius 1 is 1.05 bits per heavy atom. The zero-order chi connectivity index (χ0) is 13.8. The molecule has 2 rings (SSSR count). The fourth-order valence-electron chi connectivity index (χ4n) is 1.60. The van der Waals surface area contributed by atoms with Crippen LogP contribution in [0.3, 0.4) is 0 Å². The highest BCUT2D eigenvalue weighted by Gasteiger charge is 2.14. The third kappa shape index (κ3) is 3.20. The highest BCUT2D eigenvalue weighted by atomic mass is 35.5. The molecule has 3 nitrogen and oxygen atoms in total. The number of benzene rings is 2.